The van der Waals surface area contributed by atoms with E-state index in [2.05, 4.69) is 10.6 Å². The fraction of sp³-hybridized carbons (Fsp3) is 0.562. The van der Waals surface area contributed by atoms with Crippen LogP contribution in [0.2, 0.25) is 0 Å². The third kappa shape index (κ3) is 4.63. The third-order valence-corrected chi connectivity index (χ3v) is 3.98. The van der Waals surface area contributed by atoms with Gasteiger partial charge in [0, 0.05) is 12.5 Å². The molecule has 5 nitrogen and oxygen atoms in total. The average molecular weight is 292 g/mol. The van der Waals surface area contributed by atoms with Crippen molar-refractivity contribution in [3.8, 4) is 5.75 Å². The Labute approximate surface area is 125 Å². The van der Waals surface area contributed by atoms with Crippen LogP contribution in [0.25, 0.3) is 0 Å². The van der Waals surface area contributed by atoms with Gasteiger partial charge in [0.25, 0.3) is 0 Å². The molecule has 0 aromatic heterocycles. The first kappa shape index (κ1) is 15.6. The van der Waals surface area contributed by atoms with E-state index in [9.17, 15) is 9.90 Å². The van der Waals surface area contributed by atoms with Crippen LogP contribution in [-0.4, -0.2) is 37.3 Å². The molecule has 1 aromatic carbocycles. The maximum Gasteiger partial charge on any atom is 0.239 e. The van der Waals surface area contributed by atoms with Crippen LogP contribution in [0.15, 0.2) is 24.3 Å². The number of rotatable bonds is 6. The van der Waals surface area contributed by atoms with Gasteiger partial charge < -0.3 is 20.5 Å². The summed E-state index contributed by atoms with van der Waals surface area (Å²) in [7, 11) is 1.60. The Morgan fingerprint density at radius 1 is 1.33 bits per heavy atom. The molecule has 0 heterocycles. The SMILES string of the molecule is COc1ccccc1NCC(=O)NC[C@H]1CCCC[C@@H]1O. The van der Waals surface area contributed by atoms with Crippen molar-refractivity contribution in [1.82, 2.24) is 5.32 Å². The lowest BCUT2D eigenvalue weighted by atomic mass is 9.86. The molecule has 0 saturated heterocycles. The van der Waals surface area contributed by atoms with Gasteiger partial charge in [-0.15, -0.1) is 0 Å². The van der Waals surface area contributed by atoms with Crippen LogP contribution in [0, 0.1) is 5.92 Å². The van der Waals surface area contributed by atoms with E-state index in [1.165, 1.54) is 0 Å². The van der Waals surface area contributed by atoms with Crippen molar-refractivity contribution in [3.63, 3.8) is 0 Å². The van der Waals surface area contributed by atoms with Gasteiger partial charge >= 0.3 is 0 Å². The summed E-state index contributed by atoms with van der Waals surface area (Å²) in [4.78, 5) is 11.9. The second-order valence-corrected chi connectivity index (χ2v) is 5.47. The minimum Gasteiger partial charge on any atom is -0.495 e. The quantitative estimate of drug-likeness (QED) is 0.747. The minimum absolute atomic E-state index is 0.0707. The van der Waals surface area contributed by atoms with Gasteiger partial charge in [0.1, 0.15) is 5.75 Å². The maximum atomic E-state index is 11.9. The lowest BCUT2D eigenvalue weighted by Crippen LogP contribution is -2.38. The number of nitrogens with one attached hydrogen (secondary N) is 2. The molecular weight excluding hydrogens is 268 g/mol. The summed E-state index contributed by atoms with van der Waals surface area (Å²) in [6.07, 6.45) is 3.78. The van der Waals surface area contributed by atoms with Crippen LogP contribution < -0.4 is 15.4 Å². The molecule has 116 valence electrons. The Balaban J connectivity index is 1.74. The van der Waals surface area contributed by atoms with E-state index in [0.29, 0.717) is 12.3 Å². The van der Waals surface area contributed by atoms with Crippen molar-refractivity contribution in [3.05, 3.63) is 24.3 Å². The zero-order valence-electron chi connectivity index (χ0n) is 12.5. The number of hydrogen-bond donors (Lipinski definition) is 3. The molecule has 0 aliphatic heterocycles. The van der Waals surface area contributed by atoms with Crippen LogP contribution in [0.4, 0.5) is 5.69 Å². The molecule has 1 aliphatic rings. The van der Waals surface area contributed by atoms with E-state index in [4.69, 9.17) is 4.74 Å². The number of methoxy groups -OCH3 is 1. The summed E-state index contributed by atoms with van der Waals surface area (Å²) in [6, 6.07) is 7.49. The summed E-state index contributed by atoms with van der Waals surface area (Å²) in [6.45, 7) is 0.747. The molecule has 21 heavy (non-hydrogen) atoms. The lowest BCUT2D eigenvalue weighted by molar-refractivity contribution is -0.119. The number of para-hydroxylation sites is 2. The van der Waals surface area contributed by atoms with E-state index < -0.39 is 0 Å². The highest BCUT2D eigenvalue weighted by Crippen LogP contribution is 2.24. The van der Waals surface area contributed by atoms with Crippen LogP contribution in [0.3, 0.4) is 0 Å². The molecule has 5 heteroatoms. The van der Waals surface area contributed by atoms with Crippen molar-refractivity contribution in [2.45, 2.75) is 31.8 Å². The van der Waals surface area contributed by atoms with Gasteiger partial charge in [0.2, 0.25) is 5.91 Å². The maximum absolute atomic E-state index is 11.9. The number of benzene rings is 1. The van der Waals surface area contributed by atoms with Crippen molar-refractivity contribution in [2.24, 2.45) is 5.92 Å². The normalized spacial score (nSPS) is 21.6. The minimum atomic E-state index is -0.277. The van der Waals surface area contributed by atoms with E-state index in [1.54, 1.807) is 7.11 Å². The molecule has 2 rings (SSSR count). The highest BCUT2D eigenvalue weighted by molar-refractivity contribution is 5.81. The second kappa shape index (κ2) is 7.88. The second-order valence-electron chi connectivity index (χ2n) is 5.47. The number of anilines is 1. The van der Waals surface area contributed by atoms with Gasteiger partial charge in [0.05, 0.1) is 25.4 Å². The number of carbonyl (C=O) groups is 1. The summed E-state index contributed by atoms with van der Waals surface area (Å²) >= 11 is 0. The fourth-order valence-electron chi connectivity index (χ4n) is 2.70. The number of amides is 1. The lowest BCUT2D eigenvalue weighted by Gasteiger charge is -2.27. The van der Waals surface area contributed by atoms with E-state index in [0.717, 1.165) is 31.4 Å². The number of ether oxygens (including phenoxy) is 1. The standard InChI is InChI=1S/C16H24N2O3/c1-21-15-9-5-3-7-13(15)17-11-16(20)18-10-12-6-2-4-8-14(12)19/h3,5,7,9,12,14,17,19H,2,4,6,8,10-11H2,1H3,(H,18,20)/t12-,14+/m1/s1. The van der Waals surface area contributed by atoms with Gasteiger partial charge in [-0.25, -0.2) is 0 Å². The van der Waals surface area contributed by atoms with Crippen LogP contribution in [0.1, 0.15) is 25.7 Å². The summed E-state index contributed by atoms with van der Waals surface area (Å²) in [5, 5.41) is 15.8. The molecule has 1 aromatic rings. The van der Waals surface area contributed by atoms with Crippen molar-refractivity contribution < 1.29 is 14.6 Å². The van der Waals surface area contributed by atoms with Crippen molar-refractivity contribution in [1.29, 1.82) is 0 Å². The predicted octanol–water partition coefficient (Wildman–Crippen LogP) is 1.77. The van der Waals surface area contributed by atoms with Gasteiger partial charge in [-0.2, -0.15) is 0 Å². The zero-order chi connectivity index (χ0) is 15.1. The van der Waals surface area contributed by atoms with Gasteiger partial charge in [0.15, 0.2) is 0 Å². The molecule has 0 spiro atoms. The Hall–Kier alpha value is -1.75. The fourth-order valence-corrected chi connectivity index (χ4v) is 2.70. The van der Waals surface area contributed by atoms with Gasteiger partial charge in [-0.1, -0.05) is 25.0 Å². The number of carbonyl (C=O) groups excluding carboxylic acids is 1. The van der Waals surface area contributed by atoms with E-state index >= 15 is 0 Å². The number of aliphatic hydroxyl groups excluding tert-OH is 1. The Bertz CT molecular complexity index is 465. The predicted molar refractivity (Wildman–Crippen MR) is 82.5 cm³/mol. The van der Waals surface area contributed by atoms with Gasteiger partial charge in [-0.3, -0.25) is 4.79 Å². The van der Waals surface area contributed by atoms with Crippen molar-refractivity contribution in [2.75, 3.05) is 25.5 Å². The largest absolute Gasteiger partial charge is 0.495 e. The van der Waals surface area contributed by atoms with Gasteiger partial charge in [-0.05, 0) is 25.0 Å². The van der Waals surface area contributed by atoms with E-state index in [-0.39, 0.29) is 24.5 Å². The molecule has 1 fully saturated rings. The monoisotopic (exact) mass is 292 g/mol. The molecule has 0 bridgehead atoms. The van der Waals surface area contributed by atoms with Crippen LogP contribution in [-0.2, 0) is 4.79 Å². The molecule has 1 amide bonds. The topological polar surface area (TPSA) is 70.6 Å². The Kier molecular flexibility index (Phi) is 5.87. The summed E-state index contributed by atoms with van der Waals surface area (Å²) < 4.78 is 5.22. The zero-order valence-corrected chi connectivity index (χ0v) is 12.5. The third-order valence-electron chi connectivity index (χ3n) is 3.98. The molecule has 2 atom stereocenters. The molecule has 0 radical (unpaired) electrons. The summed E-state index contributed by atoms with van der Waals surface area (Å²) in [5.41, 5.74) is 0.799. The van der Waals surface area contributed by atoms with Crippen LogP contribution in [0.5, 0.6) is 5.75 Å². The molecule has 0 unspecified atom stereocenters. The molecule has 1 saturated carbocycles. The Morgan fingerprint density at radius 3 is 2.86 bits per heavy atom. The van der Waals surface area contributed by atoms with Crippen LogP contribution >= 0.6 is 0 Å². The molecule has 1 aliphatic carbocycles. The molecular formula is C16H24N2O3. The van der Waals surface area contributed by atoms with Crippen molar-refractivity contribution >= 4 is 11.6 Å². The highest BCUT2D eigenvalue weighted by Gasteiger charge is 2.23. The average Bonchev–Trinajstić information content (AvgIpc) is 2.52. The Morgan fingerprint density at radius 2 is 2.10 bits per heavy atom. The number of hydrogen-bond acceptors (Lipinski definition) is 4. The van der Waals surface area contributed by atoms with E-state index in [1.807, 2.05) is 24.3 Å². The smallest absolute Gasteiger partial charge is 0.239 e. The summed E-state index contributed by atoms with van der Waals surface area (Å²) in [5.74, 6) is 0.834. The first-order valence-corrected chi connectivity index (χ1v) is 7.52. The first-order chi connectivity index (χ1) is 10.2. The molecule has 3 N–H and O–H groups in total. The highest BCUT2D eigenvalue weighted by atomic mass is 16.5. The number of aliphatic hydroxyl groups is 1. The first-order valence-electron chi connectivity index (χ1n) is 7.52.